The van der Waals surface area contributed by atoms with Gasteiger partial charge in [-0.25, -0.2) is 0 Å². The molecule has 1 rings (SSSR count). The summed E-state index contributed by atoms with van der Waals surface area (Å²) in [5.74, 6) is -0.277. The normalized spacial score (nSPS) is 10.7. The summed E-state index contributed by atoms with van der Waals surface area (Å²) in [5.41, 5.74) is 0.637. The summed E-state index contributed by atoms with van der Waals surface area (Å²) < 4.78 is 5.19. The number of benzene rings is 1. The fourth-order valence-electron chi connectivity index (χ4n) is 1.45. The Kier molecular flexibility index (Phi) is 5.20. The van der Waals surface area contributed by atoms with E-state index in [0.29, 0.717) is 22.8 Å². The summed E-state index contributed by atoms with van der Waals surface area (Å²) in [6, 6.07) is 7.01. The SMILES string of the molecule is CC(C)(C)OC(=O)CCNc1cc(Cl)ccc1C#N. The van der Waals surface area contributed by atoms with Gasteiger partial charge < -0.3 is 10.1 Å². The predicted octanol–water partition coefficient (Wildman–Crippen LogP) is 3.36. The second-order valence-corrected chi connectivity index (χ2v) is 5.50. The van der Waals surface area contributed by atoms with Crippen LogP contribution in [0.25, 0.3) is 0 Å². The van der Waals surface area contributed by atoms with Crippen LogP contribution in [0.1, 0.15) is 32.8 Å². The number of hydrogen-bond donors (Lipinski definition) is 1. The first-order valence-corrected chi connectivity index (χ1v) is 6.35. The summed E-state index contributed by atoms with van der Waals surface area (Å²) in [7, 11) is 0. The second kappa shape index (κ2) is 6.44. The summed E-state index contributed by atoms with van der Waals surface area (Å²) in [5, 5.41) is 12.5. The van der Waals surface area contributed by atoms with Gasteiger partial charge >= 0.3 is 5.97 Å². The molecule has 0 atom stereocenters. The zero-order valence-electron chi connectivity index (χ0n) is 11.3. The molecule has 0 aromatic heterocycles. The average Bonchev–Trinajstić information content (AvgIpc) is 2.27. The molecule has 0 spiro atoms. The molecule has 4 nitrogen and oxygen atoms in total. The van der Waals surface area contributed by atoms with Crippen molar-refractivity contribution >= 4 is 23.3 Å². The van der Waals surface area contributed by atoms with E-state index in [4.69, 9.17) is 21.6 Å². The molecule has 0 amide bonds. The fraction of sp³-hybridized carbons (Fsp3) is 0.429. The maximum atomic E-state index is 11.5. The maximum absolute atomic E-state index is 11.5. The smallest absolute Gasteiger partial charge is 0.308 e. The number of ether oxygens (including phenoxy) is 1. The molecule has 0 unspecified atom stereocenters. The number of esters is 1. The van der Waals surface area contributed by atoms with Crippen molar-refractivity contribution in [2.24, 2.45) is 0 Å². The number of hydrogen-bond acceptors (Lipinski definition) is 4. The van der Waals surface area contributed by atoms with Crippen molar-refractivity contribution in [2.75, 3.05) is 11.9 Å². The van der Waals surface area contributed by atoms with Crippen molar-refractivity contribution < 1.29 is 9.53 Å². The fourth-order valence-corrected chi connectivity index (χ4v) is 1.62. The van der Waals surface area contributed by atoms with E-state index in [1.165, 1.54) is 0 Å². The number of carbonyl (C=O) groups is 1. The number of halogens is 1. The zero-order valence-corrected chi connectivity index (χ0v) is 12.0. The van der Waals surface area contributed by atoms with Gasteiger partial charge in [0.15, 0.2) is 0 Å². The number of rotatable bonds is 4. The third kappa shape index (κ3) is 5.62. The monoisotopic (exact) mass is 280 g/mol. The van der Waals surface area contributed by atoms with Crippen molar-refractivity contribution in [3.63, 3.8) is 0 Å². The van der Waals surface area contributed by atoms with Gasteiger partial charge in [-0.3, -0.25) is 4.79 Å². The lowest BCUT2D eigenvalue weighted by molar-refractivity contribution is -0.154. The molecular formula is C14H17ClN2O2. The van der Waals surface area contributed by atoms with Crippen LogP contribution in [0.2, 0.25) is 5.02 Å². The lowest BCUT2D eigenvalue weighted by Crippen LogP contribution is -2.25. The number of nitriles is 1. The quantitative estimate of drug-likeness (QED) is 0.859. The molecule has 0 aliphatic heterocycles. The molecule has 5 heteroatoms. The van der Waals surface area contributed by atoms with Crippen LogP contribution < -0.4 is 5.32 Å². The molecule has 19 heavy (non-hydrogen) atoms. The first-order valence-electron chi connectivity index (χ1n) is 5.97. The van der Waals surface area contributed by atoms with Gasteiger partial charge in [0.25, 0.3) is 0 Å². The van der Waals surface area contributed by atoms with Crippen molar-refractivity contribution in [3.05, 3.63) is 28.8 Å². The van der Waals surface area contributed by atoms with Gasteiger partial charge in [-0.15, -0.1) is 0 Å². The molecule has 1 N–H and O–H groups in total. The lowest BCUT2D eigenvalue weighted by Gasteiger charge is -2.19. The van der Waals surface area contributed by atoms with Gasteiger partial charge in [0.1, 0.15) is 11.7 Å². The Morgan fingerprint density at radius 3 is 2.74 bits per heavy atom. The van der Waals surface area contributed by atoms with E-state index in [1.807, 2.05) is 20.8 Å². The van der Waals surface area contributed by atoms with Gasteiger partial charge in [0, 0.05) is 11.6 Å². The topological polar surface area (TPSA) is 62.1 Å². The molecule has 0 radical (unpaired) electrons. The highest BCUT2D eigenvalue weighted by molar-refractivity contribution is 6.30. The van der Waals surface area contributed by atoms with Gasteiger partial charge in [-0.1, -0.05) is 11.6 Å². The Bertz CT molecular complexity index is 501. The van der Waals surface area contributed by atoms with Crippen molar-refractivity contribution in [1.82, 2.24) is 0 Å². The predicted molar refractivity (Wildman–Crippen MR) is 75.1 cm³/mol. The van der Waals surface area contributed by atoms with E-state index >= 15 is 0 Å². The van der Waals surface area contributed by atoms with Crippen molar-refractivity contribution in [1.29, 1.82) is 5.26 Å². The molecule has 0 bridgehead atoms. The molecule has 0 heterocycles. The molecule has 102 valence electrons. The highest BCUT2D eigenvalue weighted by Crippen LogP contribution is 2.20. The molecule has 0 aliphatic carbocycles. The first kappa shape index (κ1) is 15.3. The largest absolute Gasteiger partial charge is 0.460 e. The van der Waals surface area contributed by atoms with E-state index in [0.717, 1.165) is 0 Å². The van der Waals surface area contributed by atoms with Crippen LogP contribution in [0.3, 0.4) is 0 Å². The Labute approximate surface area is 118 Å². The third-order valence-corrected chi connectivity index (χ3v) is 2.40. The molecule has 0 saturated heterocycles. The molecule has 1 aromatic carbocycles. The molecule has 0 aliphatic rings. The highest BCUT2D eigenvalue weighted by atomic mass is 35.5. The van der Waals surface area contributed by atoms with E-state index in [1.54, 1.807) is 18.2 Å². The minimum absolute atomic E-state index is 0.231. The van der Waals surface area contributed by atoms with Gasteiger partial charge in [-0.05, 0) is 39.0 Å². The summed E-state index contributed by atoms with van der Waals surface area (Å²) in [6.07, 6.45) is 0.231. The molecule has 0 saturated carbocycles. The number of nitrogens with one attached hydrogen (secondary N) is 1. The number of anilines is 1. The van der Waals surface area contributed by atoms with E-state index in [-0.39, 0.29) is 12.4 Å². The van der Waals surface area contributed by atoms with Crippen molar-refractivity contribution in [3.8, 4) is 6.07 Å². The van der Waals surface area contributed by atoms with Crippen LogP contribution in [-0.2, 0) is 9.53 Å². The van der Waals surface area contributed by atoms with Crippen LogP contribution in [0.15, 0.2) is 18.2 Å². The molecule has 0 fully saturated rings. The van der Waals surface area contributed by atoms with Crippen LogP contribution in [0.4, 0.5) is 5.69 Å². The third-order valence-electron chi connectivity index (χ3n) is 2.17. The zero-order chi connectivity index (χ0) is 14.5. The van der Waals surface area contributed by atoms with Crippen LogP contribution in [0.5, 0.6) is 0 Å². The maximum Gasteiger partial charge on any atom is 0.308 e. The van der Waals surface area contributed by atoms with Crippen LogP contribution in [-0.4, -0.2) is 18.1 Å². The van der Waals surface area contributed by atoms with E-state index in [9.17, 15) is 4.79 Å². The second-order valence-electron chi connectivity index (χ2n) is 5.06. The average molecular weight is 281 g/mol. The Hall–Kier alpha value is -1.73. The highest BCUT2D eigenvalue weighted by Gasteiger charge is 2.15. The number of nitrogens with zero attached hydrogens (tertiary/aromatic N) is 1. The minimum Gasteiger partial charge on any atom is -0.460 e. The lowest BCUT2D eigenvalue weighted by atomic mass is 10.2. The van der Waals surface area contributed by atoms with Crippen LogP contribution in [0, 0.1) is 11.3 Å². The van der Waals surface area contributed by atoms with Gasteiger partial charge in [0.05, 0.1) is 17.7 Å². The van der Waals surface area contributed by atoms with Crippen molar-refractivity contribution in [2.45, 2.75) is 32.8 Å². The summed E-state index contributed by atoms with van der Waals surface area (Å²) >= 11 is 5.86. The minimum atomic E-state index is -0.481. The van der Waals surface area contributed by atoms with E-state index < -0.39 is 5.60 Å². The Balaban J connectivity index is 2.52. The molecular weight excluding hydrogens is 264 g/mol. The molecule has 1 aromatic rings. The number of carbonyl (C=O) groups excluding carboxylic acids is 1. The first-order chi connectivity index (χ1) is 8.81. The summed E-state index contributed by atoms with van der Waals surface area (Å²) in [4.78, 5) is 11.5. The van der Waals surface area contributed by atoms with Gasteiger partial charge in [-0.2, -0.15) is 5.26 Å². The standard InChI is InChI=1S/C14H17ClN2O2/c1-14(2,3)19-13(18)6-7-17-12-8-11(15)5-4-10(12)9-16/h4-5,8,17H,6-7H2,1-3H3. The van der Waals surface area contributed by atoms with E-state index in [2.05, 4.69) is 11.4 Å². The van der Waals surface area contributed by atoms with Gasteiger partial charge in [0.2, 0.25) is 0 Å². The Morgan fingerprint density at radius 1 is 1.47 bits per heavy atom. The Morgan fingerprint density at radius 2 is 2.16 bits per heavy atom. The van der Waals surface area contributed by atoms with Crippen LogP contribution >= 0.6 is 11.6 Å². The summed E-state index contributed by atoms with van der Waals surface area (Å²) in [6.45, 7) is 5.86.